The van der Waals surface area contributed by atoms with Crippen LogP contribution in [-0.4, -0.2) is 30.9 Å². The summed E-state index contributed by atoms with van der Waals surface area (Å²) in [7, 11) is 0. The van der Waals surface area contributed by atoms with Crippen molar-refractivity contribution in [3.05, 3.63) is 59.3 Å². The van der Waals surface area contributed by atoms with E-state index in [-0.39, 0.29) is 28.5 Å². The molecule has 0 aliphatic heterocycles. The summed E-state index contributed by atoms with van der Waals surface area (Å²) in [6, 6.07) is 9.45. The van der Waals surface area contributed by atoms with Crippen molar-refractivity contribution < 1.29 is 4.79 Å². The van der Waals surface area contributed by atoms with Gasteiger partial charge in [0.15, 0.2) is 5.82 Å². The lowest BCUT2D eigenvalue weighted by molar-refractivity contribution is 0.0928. The first-order chi connectivity index (χ1) is 11.6. The Morgan fingerprint density at radius 2 is 2.17 bits per heavy atom. The number of nitrogen functional groups attached to an aromatic ring is 1. The molecule has 0 saturated carbocycles. The zero-order chi connectivity index (χ0) is 16.9. The van der Waals surface area contributed by atoms with Crippen LogP contribution in [0.2, 0.25) is 5.02 Å². The number of H-pyrrole nitrogens is 1. The molecule has 9 heteroatoms. The number of anilines is 1. The number of aryl methyl sites for hydroxylation is 1. The van der Waals surface area contributed by atoms with Gasteiger partial charge in [-0.3, -0.25) is 14.6 Å². The summed E-state index contributed by atoms with van der Waals surface area (Å²) in [4.78, 5) is 16.4. The molecule has 0 radical (unpaired) electrons. The number of nitrogens with one attached hydrogen (secondary N) is 2. The van der Waals surface area contributed by atoms with Gasteiger partial charge in [-0.1, -0.05) is 41.9 Å². The first-order valence-electron chi connectivity index (χ1n) is 7.32. The highest BCUT2D eigenvalue weighted by Crippen LogP contribution is 2.22. The van der Waals surface area contributed by atoms with E-state index in [1.165, 1.54) is 6.33 Å². The van der Waals surface area contributed by atoms with E-state index in [2.05, 4.69) is 25.6 Å². The van der Waals surface area contributed by atoms with Gasteiger partial charge in [0, 0.05) is 6.54 Å². The molecule has 2 aromatic heterocycles. The summed E-state index contributed by atoms with van der Waals surface area (Å²) in [5, 5.41) is 13.4. The molecule has 3 aromatic rings. The maximum atomic E-state index is 12.5. The molecule has 0 aliphatic carbocycles. The molecule has 0 unspecified atom stereocenters. The van der Waals surface area contributed by atoms with Gasteiger partial charge in [0.05, 0.1) is 6.04 Å². The second-order valence-electron chi connectivity index (χ2n) is 5.18. The van der Waals surface area contributed by atoms with Crippen LogP contribution in [0.5, 0.6) is 0 Å². The predicted molar refractivity (Wildman–Crippen MR) is 89.3 cm³/mol. The Bertz CT molecular complexity index is 801. The molecular weight excluding hydrogens is 330 g/mol. The Balaban J connectivity index is 1.76. The molecule has 0 spiro atoms. The van der Waals surface area contributed by atoms with E-state index in [0.717, 1.165) is 5.56 Å². The average molecular weight is 346 g/mol. The van der Waals surface area contributed by atoms with Crippen LogP contribution < -0.4 is 11.1 Å². The van der Waals surface area contributed by atoms with Crippen molar-refractivity contribution in [1.29, 1.82) is 0 Å². The van der Waals surface area contributed by atoms with Crippen molar-refractivity contribution in [1.82, 2.24) is 30.3 Å². The Morgan fingerprint density at radius 3 is 2.79 bits per heavy atom. The fraction of sp³-hybridized carbons (Fsp3) is 0.200. The van der Waals surface area contributed by atoms with Crippen molar-refractivity contribution in [2.75, 3.05) is 5.73 Å². The lowest BCUT2D eigenvalue weighted by atomic mass is 10.0. The van der Waals surface area contributed by atoms with E-state index >= 15 is 0 Å². The van der Waals surface area contributed by atoms with Gasteiger partial charge in [-0.25, -0.2) is 4.98 Å². The summed E-state index contributed by atoms with van der Waals surface area (Å²) in [5.74, 6) is -0.266. The number of hydrogen-bond acceptors (Lipinski definition) is 5. The molecule has 1 aromatic carbocycles. The number of amides is 1. The number of benzene rings is 1. The number of nitrogens with zero attached hydrogens (tertiary/aromatic N) is 4. The summed E-state index contributed by atoms with van der Waals surface area (Å²) in [6.45, 7) is 0.610. The van der Waals surface area contributed by atoms with Crippen LogP contribution >= 0.6 is 11.6 Å². The minimum absolute atomic E-state index is 0.0979. The van der Waals surface area contributed by atoms with Gasteiger partial charge in [-0.05, 0) is 12.0 Å². The molecule has 1 amide bonds. The Hall–Kier alpha value is -2.87. The normalized spacial score (nSPS) is 12.0. The minimum Gasteiger partial charge on any atom is -0.381 e. The topological polar surface area (TPSA) is 115 Å². The summed E-state index contributed by atoms with van der Waals surface area (Å²) < 4.78 is 1.71. The van der Waals surface area contributed by atoms with Crippen molar-refractivity contribution >= 4 is 23.3 Å². The molecule has 4 N–H and O–H groups in total. The first kappa shape index (κ1) is 16.0. The largest absolute Gasteiger partial charge is 0.381 e. The molecule has 24 heavy (non-hydrogen) atoms. The Labute approximate surface area is 143 Å². The van der Waals surface area contributed by atoms with Crippen LogP contribution in [0.3, 0.4) is 0 Å². The predicted octanol–water partition coefficient (Wildman–Crippen LogP) is 1.80. The highest BCUT2D eigenvalue weighted by molar-refractivity contribution is 6.35. The number of carbonyl (C=O) groups excluding carboxylic acids is 1. The zero-order valence-electron chi connectivity index (χ0n) is 12.7. The second kappa shape index (κ2) is 7.14. The molecule has 3 rings (SSSR count). The van der Waals surface area contributed by atoms with Crippen molar-refractivity contribution in [3.8, 4) is 0 Å². The Morgan fingerprint density at radius 1 is 1.38 bits per heavy atom. The molecule has 124 valence electrons. The smallest absolute Gasteiger partial charge is 0.271 e. The molecule has 0 fully saturated rings. The van der Waals surface area contributed by atoms with Gasteiger partial charge in [0.25, 0.3) is 5.91 Å². The standard InChI is InChI=1S/C15H16ClN7O/c16-12-13(21-22-14(12)17)15(24)20-11(10-4-2-1-3-5-10)6-7-23-9-18-8-19-23/h1-5,8-9,11H,6-7H2,(H,20,24)(H3,17,21,22)/t11-/m1/s1. The van der Waals surface area contributed by atoms with Crippen LogP contribution in [0.25, 0.3) is 0 Å². The number of hydrogen-bond donors (Lipinski definition) is 3. The van der Waals surface area contributed by atoms with Gasteiger partial charge in [-0.15, -0.1) is 0 Å². The molecule has 0 aliphatic rings. The lowest BCUT2D eigenvalue weighted by Gasteiger charge is -2.19. The van der Waals surface area contributed by atoms with Crippen LogP contribution in [0.1, 0.15) is 28.5 Å². The van der Waals surface area contributed by atoms with Gasteiger partial charge in [-0.2, -0.15) is 10.2 Å². The van der Waals surface area contributed by atoms with E-state index in [1.807, 2.05) is 30.3 Å². The van der Waals surface area contributed by atoms with Gasteiger partial charge in [0.2, 0.25) is 0 Å². The fourth-order valence-corrected chi connectivity index (χ4v) is 2.51. The van der Waals surface area contributed by atoms with Crippen LogP contribution in [0.15, 0.2) is 43.0 Å². The third kappa shape index (κ3) is 3.54. The molecule has 1 atom stereocenters. The number of rotatable bonds is 6. The number of aromatic nitrogens is 5. The van der Waals surface area contributed by atoms with Crippen molar-refractivity contribution in [3.63, 3.8) is 0 Å². The van der Waals surface area contributed by atoms with Crippen LogP contribution in [-0.2, 0) is 6.54 Å². The monoisotopic (exact) mass is 345 g/mol. The quantitative estimate of drug-likeness (QED) is 0.630. The van der Waals surface area contributed by atoms with Crippen molar-refractivity contribution in [2.24, 2.45) is 0 Å². The lowest BCUT2D eigenvalue weighted by Crippen LogP contribution is -2.30. The maximum absolute atomic E-state index is 12.5. The maximum Gasteiger partial charge on any atom is 0.271 e. The third-order valence-electron chi connectivity index (χ3n) is 3.58. The van der Waals surface area contributed by atoms with Crippen molar-refractivity contribution in [2.45, 2.75) is 19.0 Å². The van der Waals surface area contributed by atoms with Gasteiger partial charge >= 0.3 is 0 Å². The summed E-state index contributed by atoms with van der Waals surface area (Å²) in [6.07, 6.45) is 3.75. The molecule has 0 bridgehead atoms. The van der Waals surface area contributed by atoms with E-state index in [0.29, 0.717) is 13.0 Å². The average Bonchev–Trinajstić information content (AvgIpc) is 3.23. The molecule has 0 saturated heterocycles. The number of aromatic amines is 1. The Kier molecular flexibility index (Phi) is 4.76. The summed E-state index contributed by atoms with van der Waals surface area (Å²) in [5.41, 5.74) is 6.70. The van der Waals surface area contributed by atoms with Gasteiger partial charge in [0.1, 0.15) is 23.4 Å². The number of halogens is 1. The van der Waals surface area contributed by atoms with Crippen LogP contribution in [0.4, 0.5) is 5.82 Å². The third-order valence-corrected chi connectivity index (χ3v) is 3.96. The second-order valence-corrected chi connectivity index (χ2v) is 5.56. The number of carbonyl (C=O) groups is 1. The SMILES string of the molecule is Nc1n[nH]c(C(=O)N[C@H](CCn2cncn2)c2ccccc2)c1Cl. The summed E-state index contributed by atoms with van der Waals surface area (Å²) >= 11 is 5.99. The molecule has 8 nitrogen and oxygen atoms in total. The first-order valence-corrected chi connectivity index (χ1v) is 7.70. The fourth-order valence-electron chi connectivity index (χ4n) is 2.34. The number of nitrogens with two attached hydrogens (primary N) is 1. The van der Waals surface area contributed by atoms with E-state index in [4.69, 9.17) is 17.3 Å². The molecular formula is C15H16ClN7O. The highest BCUT2D eigenvalue weighted by atomic mass is 35.5. The zero-order valence-corrected chi connectivity index (χ0v) is 13.4. The van der Waals surface area contributed by atoms with E-state index < -0.39 is 0 Å². The highest BCUT2D eigenvalue weighted by Gasteiger charge is 2.20. The minimum atomic E-state index is -0.364. The van der Waals surface area contributed by atoms with Crippen LogP contribution in [0, 0.1) is 0 Å². The molecule has 2 heterocycles. The van der Waals surface area contributed by atoms with E-state index in [1.54, 1.807) is 11.0 Å². The van der Waals surface area contributed by atoms with Gasteiger partial charge < -0.3 is 11.1 Å². The van der Waals surface area contributed by atoms with E-state index in [9.17, 15) is 4.79 Å².